The molecule has 0 spiro atoms. The number of benzene rings is 3. The third-order valence-corrected chi connectivity index (χ3v) is 7.51. The summed E-state index contributed by atoms with van der Waals surface area (Å²) in [4.78, 5) is 28.8. The van der Waals surface area contributed by atoms with Crippen LogP contribution in [-0.4, -0.2) is 23.9 Å². The highest BCUT2D eigenvalue weighted by Crippen LogP contribution is 2.25. The van der Waals surface area contributed by atoms with Crippen LogP contribution in [0.2, 0.25) is 0 Å². The second-order valence-corrected chi connectivity index (χ2v) is 10.7. The van der Waals surface area contributed by atoms with Crippen molar-refractivity contribution >= 4 is 38.4 Å². The van der Waals surface area contributed by atoms with Gasteiger partial charge in [-0.3, -0.25) is 14.3 Å². The van der Waals surface area contributed by atoms with Crippen molar-refractivity contribution in [3.05, 3.63) is 124 Å². The molecule has 0 radical (unpaired) electrons. The lowest BCUT2D eigenvalue weighted by Gasteiger charge is -2.15. The monoisotopic (exact) mass is 607 g/mol. The number of sulfonamides is 1. The first-order valence-electron chi connectivity index (χ1n) is 13.1. The van der Waals surface area contributed by atoms with Crippen LogP contribution in [0, 0.1) is 11.6 Å². The molecule has 5 N–H and O–H groups in total. The SMILES string of the molecule is C=C(C)/C(=C\C(=C/C)c1ccc2nc(N)n(-c3cccc(C(N)=O)c3)c(=O)c2c1)NS(=O)(=O)c1ccc(F)cc1F.CC. The number of carbonyl (C=O) groups excluding carboxylic acids is 1. The fourth-order valence-electron chi connectivity index (χ4n) is 4.05. The quantitative estimate of drug-likeness (QED) is 0.234. The summed E-state index contributed by atoms with van der Waals surface area (Å²) in [6.45, 7) is 11.1. The number of nitrogen functional groups attached to an aromatic ring is 1. The predicted molar refractivity (Wildman–Crippen MR) is 165 cm³/mol. The number of halogens is 2. The molecular weight excluding hydrogens is 576 g/mol. The Hall–Kier alpha value is -5.10. The number of fused-ring (bicyclic) bond motifs is 1. The van der Waals surface area contributed by atoms with E-state index in [-0.39, 0.29) is 22.6 Å². The van der Waals surface area contributed by atoms with Gasteiger partial charge in [0.2, 0.25) is 11.9 Å². The number of carbonyl (C=O) groups is 1. The molecule has 0 aliphatic carbocycles. The van der Waals surface area contributed by atoms with Crippen molar-refractivity contribution in [2.75, 3.05) is 5.73 Å². The normalized spacial score (nSPS) is 12.0. The summed E-state index contributed by atoms with van der Waals surface area (Å²) in [7, 11) is -4.44. The Labute approximate surface area is 247 Å². The van der Waals surface area contributed by atoms with Crippen molar-refractivity contribution in [2.45, 2.75) is 32.6 Å². The molecule has 224 valence electrons. The lowest BCUT2D eigenvalue weighted by Crippen LogP contribution is -2.25. The minimum absolute atomic E-state index is 0.0398. The number of amides is 1. The molecule has 12 heteroatoms. The predicted octanol–water partition coefficient (Wildman–Crippen LogP) is 5.21. The molecule has 0 bridgehead atoms. The van der Waals surface area contributed by atoms with E-state index < -0.39 is 38.0 Å². The summed E-state index contributed by atoms with van der Waals surface area (Å²) in [5.41, 5.74) is 13.1. The molecule has 1 amide bonds. The van der Waals surface area contributed by atoms with E-state index in [2.05, 4.69) is 16.3 Å². The number of hydrogen-bond donors (Lipinski definition) is 3. The van der Waals surface area contributed by atoms with E-state index in [0.717, 1.165) is 16.7 Å². The molecule has 1 aromatic heterocycles. The minimum Gasteiger partial charge on any atom is -0.369 e. The Morgan fingerprint density at radius 3 is 2.35 bits per heavy atom. The first kappa shape index (κ1) is 32.4. The van der Waals surface area contributed by atoms with Crippen LogP contribution in [0.5, 0.6) is 0 Å². The molecule has 0 saturated heterocycles. The van der Waals surface area contributed by atoms with E-state index in [1.807, 2.05) is 13.8 Å². The van der Waals surface area contributed by atoms with Crippen LogP contribution in [0.15, 0.2) is 100 Å². The topological polar surface area (TPSA) is 150 Å². The third kappa shape index (κ3) is 7.04. The van der Waals surface area contributed by atoms with Crippen molar-refractivity contribution in [2.24, 2.45) is 5.73 Å². The van der Waals surface area contributed by atoms with Crippen LogP contribution in [0.25, 0.3) is 22.2 Å². The van der Waals surface area contributed by atoms with Crippen LogP contribution >= 0.6 is 0 Å². The molecule has 0 unspecified atom stereocenters. The van der Waals surface area contributed by atoms with Crippen molar-refractivity contribution in [1.82, 2.24) is 14.3 Å². The second kappa shape index (κ2) is 13.3. The van der Waals surface area contributed by atoms with E-state index in [1.54, 1.807) is 50.3 Å². The fraction of sp³-hybridized carbons (Fsp3) is 0.129. The number of hydrogen-bond acceptors (Lipinski definition) is 6. The number of nitrogens with two attached hydrogens (primary N) is 2. The largest absolute Gasteiger partial charge is 0.369 e. The van der Waals surface area contributed by atoms with Gasteiger partial charge in [0.1, 0.15) is 16.5 Å². The summed E-state index contributed by atoms with van der Waals surface area (Å²) < 4.78 is 56.8. The molecule has 0 fully saturated rings. The number of nitrogens with zero attached hydrogens (tertiary/aromatic N) is 2. The molecule has 43 heavy (non-hydrogen) atoms. The molecule has 9 nitrogen and oxygen atoms in total. The highest BCUT2D eigenvalue weighted by molar-refractivity contribution is 7.89. The number of primary amides is 1. The zero-order chi connectivity index (χ0) is 32.1. The molecular formula is C31H31F2N5O4S. The smallest absolute Gasteiger partial charge is 0.267 e. The van der Waals surface area contributed by atoms with Gasteiger partial charge >= 0.3 is 0 Å². The van der Waals surface area contributed by atoms with Gasteiger partial charge in [0.15, 0.2) is 0 Å². The van der Waals surface area contributed by atoms with Gasteiger partial charge in [0.25, 0.3) is 15.6 Å². The third-order valence-electron chi connectivity index (χ3n) is 6.11. The van der Waals surface area contributed by atoms with E-state index in [0.29, 0.717) is 34.0 Å². The Balaban J connectivity index is 0.00000248. The maximum atomic E-state index is 14.2. The minimum atomic E-state index is -4.44. The van der Waals surface area contributed by atoms with Crippen LogP contribution in [-0.2, 0) is 10.0 Å². The summed E-state index contributed by atoms with van der Waals surface area (Å²) in [6, 6.07) is 13.0. The van der Waals surface area contributed by atoms with Gasteiger partial charge in [-0.2, -0.15) is 0 Å². The van der Waals surface area contributed by atoms with Crippen molar-refractivity contribution in [3.8, 4) is 5.69 Å². The van der Waals surface area contributed by atoms with Gasteiger partial charge in [0.05, 0.1) is 22.3 Å². The Morgan fingerprint density at radius 2 is 1.74 bits per heavy atom. The van der Waals surface area contributed by atoms with Crippen molar-refractivity contribution in [1.29, 1.82) is 0 Å². The van der Waals surface area contributed by atoms with Crippen LogP contribution in [0.3, 0.4) is 0 Å². The van der Waals surface area contributed by atoms with E-state index >= 15 is 0 Å². The maximum absolute atomic E-state index is 14.2. The fourth-order valence-corrected chi connectivity index (χ4v) is 5.25. The molecule has 0 saturated carbocycles. The Bertz CT molecular complexity index is 1970. The molecule has 1 heterocycles. The maximum Gasteiger partial charge on any atom is 0.267 e. The number of allylic oxidation sites excluding steroid dienone is 4. The average Bonchev–Trinajstić information content (AvgIpc) is 2.96. The van der Waals surface area contributed by atoms with Crippen LogP contribution in [0.4, 0.5) is 14.7 Å². The first-order valence-corrected chi connectivity index (χ1v) is 14.6. The van der Waals surface area contributed by atoms with Gasteiger partial charge < -0.3 is 11.5 Å². The van der Waals surface area contributed by atoms with Crippen LogP contribution < -0.4 is 21.7 Å². The average molecular weight is 608 g/mol. The molecule has 0 aliphatic heterocycles. The molecule has 0 aliphatic rings. The highest BCUT2D eigenvalue weighted by atomic mass is 32.2. The van der Waals surface area contributed by atoms with Gasteiger partial charge in [-0.25, -0.2) is 26.7 Å². The lowest BCUT2D eigenvalue weighted by molar-refractivity contribution is 0.1000. The molecule has 0 atom stereocenters. The number of rotatable bonds is 8. The molecule has 3 aromatic carbocycles. The molecule has 4 aromatic rings. The highest BCUT2D eigenvalue weighted by Gasteiger charge is 2.21. The summed E-state index contributed by atoms with van der Waals surface area (Å²) in [5.74, 6) is -2.94. The zero-order valence-corrected chi connectivity index (χ0v) is 24.8. The Morgan fingerprint density at radius 1 is 1.05 bits per heavy atom. The Kier molecular flexibility index (Phi) is 9.99. The van der Waals surface area contributed by atoms with Gasteiger partial charge in [-0.1, -0.05) is 38.6 Å². The standard InChI is InChI=1S/C29H25F2N5O4S.C2H6/c1-4-17(14-25(16(2)3)35-41(39,40)26-11-9-20(30)15-23(26)31)18-8-10-24-22(13-18)28(38)36(29(33)34-24)21-7-5-6-19(12-21)27(32)37;1-2/h4-15,35H,2H2,1,3H3,(H2,32,37)(H2,33,34);1-2H3/b17-4+,25-14+;. The van der Waals surface area contributed by atoms with Gasteiger partial charge in [-0.15, -0.1) is 0 Å². The van der Waals surface area contributed by atoms with Crippen molar-refractivity contribution in [3.63, 3.8) is 0 Å². The first-order chi connectivity index (χ1) is 20.3. The van der Waals surface area contributed by atoms with E-state index in [4.69, 9.17) is 11.5 Å². The number of aromatic nitrogens is 2. The zero-order valence-electron chi connectivity index (χ0n) is 24.0. The van der Waals surface area contributed by atoms with Crippen molar-refractivity contribution < 1.29 is 22.0 Å². The van der Waals surface area contributed by atoms with Gasteiger partial charge in [0, 0.05) is 11.6 Å². The summed E-state index contributed by atoms with van der Waals surface area (Å²) in [6.07, 6.45) is 3.15. The molecule has 4 rings (SSSR count). The number of nitrogens with one attached hydrogen (secondary N) is 1. The summed E-state index contributed by atoms with van der Waals surface area (Å²) in [5, 5.41) is 0.194. The van der Waals surface area contributed by atoms with Crippen LogP contribution in [0.1, 0.15) is 43.6 Å². The second-order valence-electron chi connectivity index (χ2n) is 9.02. The number of anilines is 1. The van der Waals surface area contributed by atoms with E-state index in [9.17, 15) is 26.8 Å². The summed E-state index contributed by atoms with van der Waals surface area (Å²) >= 11 is 0. The van der Waals surface area contributed by atoms with Gasteiger partial charge in [-0.05, 0) is 79.1 Å². The van der Waals surface area contributed by atoms with E-state index in [1.165, 1.54) is 18.2 Å². The lowest BCUT2D eigenvalue weighted by atomic mass is 10.0.